The van der Waals surface area contributed by atoms with Crippen LogP contribution in [0.1, 0.15) is 17.3 Å². The van der Waals surface area contributed by atoms with E-state index >= 15 is 0 Å². The van der Waals surface area contributed by atoms with Gasteiger partial charge in [-0.15, -0.1) is 0 Å². The van der Waals surface area contributed by atoms with Crippen molar-refractivity contribution in [1.82, 2.24) is 0 Å². The van der Waals surface area contributed by atoms with Gasteiger partial charge >= 0.3 is 0 Å². The third kappa shape index (κ3) is 3.29. The summed E-state index contributed by atoms with van der Waals surface area (Å²) in [5, 5.41) is 1.20. The van der Waals surface area contributed by atoms with Crippen molar-refractivity contribution in [1.29, 1.82) is 0 Å². The number of Topliss-reactive ketones (excluding diaryl/α,β-unsaturated/α-hetero) is 1. The Bertz CT molecular complexity index is 656. The predicted octanol–water partition coefficient (Wildman–Crippen LogP) is 5.36. The van der Waals surface area contributed by atoms with Crippen LogP contribution in [0.25, 0.3) is 0 Å². The Morgan fingerprint density at radius 2 is 1.90 bits per heavy atom. The lowest BCUT2D eigenvalue weighted by atomic mass is 10.1. The normalized spacial score (nSPS) is 10.4. The highest BCUT2D eigenvalue weighted by atomic mass is 35.5. The Labute approximate surface area is 132 Å². The standard InChI is InChI=1S/C15H12Cl2O2S/c1-9(18)15-12(19-2)4-3-5-13(15)20-14-8-10(16)6-7-11(14)17/h3-8H,1-2H3. The molecule has 0 fully saturated rings. The topological polar surface area (TPSA) is 26.3 Å². The number of hydrogen-bond acceptors (Lipinski definition) is 3. The minimum atomic E-state index is -0.0527. The summed E-state index contributed by atoms with van der Waals surface area (Å²) in [6.45, 7) is 1.52. The van der Waals surface area contributed by atoms with Crippen LogP contribution >= 0.6 is 35.0 Å². The van der Waals surface area contributed by atoms with Crippen molar-refractivity contribution in [3.8, 4) is 5.75 Å². The van der Waals surface area contributed by atoms with Crippen LogP contribution in [0.5, 0.6) is 5.75 Å². The van der Waals surface area contributed by atoms with Gasteiger partial charge in [-0.05, 0) is 37.3 Å². The molecule has 2 rings (SSSR count). The van der Waals surface area contributed by atoms with Crippen molar-refractivity contribution in [2.75, 3.05) is 7.11 Å². The molecule has 5 heteroatoms. The molecule has 0 saturated heterocycles. The molecule has 0 spiro atoms. The quantitative estimate of drug-likeness (QED) is 0.708. The van der Waals surface area contributed by atoms with Gasteiger partial charge in [-0.25, -0.2) is 0 Å². The molecule has 2 aromatic carbocycles. The Hall–Kier alpha value is -1.16. The van der Waals surface area contributed by atoms with Crippen LogP contribution < -0.4 is 4.74 Å². The Morgan fingerprint density at radius 1 is 1.15 bits per heavy atom. The number of carbonyl (C=O) groups is 1. The summed E-state index contributed by atoms with van der Waals surface area (Å²) in [6.07, 6.45) is 0. The van der Waals surface area contributed by atoms with Crippen molar-refractivity contribution in [2.24, 2.45) is 0 Å². The summed E-state index contributed by atoms with van der Waals surface area (Å²) in [4.78, 5) is 13.4. The molecular weight excluding hydrogens is 315 g/mol. The number of methoxy groups -OCH3 is 1. The number of ketones is 1. The molecule has 2 nitrogen and oxygen atoms in total. The van der Waals surface area contributed by atoms with Crippen LogP contribution in [0.4, 0.5) is 0 Å². The molecular formula is C15H12Cl2O2S. The Kier molecular flexibility index (Phi) is 4.97. The molecule has 0 aromatic heterocycles. The van der Waals surface area contributed by atoms with Gasteiger partial charge in [-0.1, -0.05) is 41.0 Å². The van der Waals surface area contributed by atoms with Crippen molar-refractivity contribution in [2.45, 2.75) is 16.7 Å². The van der Waals surface area contributed by atoms with Gasteiger partial charge in [-0.3, -0.25) is 4.79 Å². The first-order chi connectivity index (χ1) is 9.52. The van der Waals surface area contributed by atoms with Crippen LogP contribution in [0.2, 0.25) is 10.0 Å². The zero-order valence-electron chi connectivity index (χ0n) is 10.9. The van der Waals surface area contributed by atoms with Crippen molar-refractivity contribution < 1.29 is 9.53 Å². The van der Waals surface area contributed by atoms with E-state index in [2.05, 4.69) is 0 Å². The second kappa shape index (κ2) is 6.53. The van der Waals surface area contributed by atoms with E-state index in [1.54, 1.807) is 31.4 Å². The van der Waals surface area contributed by atoms with E-state index in [-0.39, 0.29) is 5.78 Å². The third-order valence-corrected chi connectivity index (χ3v) is 4.47. The fourth-order valence-electron chi connectivity index (χ4n) is 1.79. The molecule has 0 unspecified atom stereocenters. The highest BCUT2D eigenvalue weighted by Crippen LogP contribution is 2.39. The minimum Gasteiger partial charge on any atom is -0.496 e. The summed E-state index contributed by atoms with van der Waals surface area (Å²) in [5.74, 6) is 0.503. The van der Waals surface area contributed by atoms with Gasteiger partial charge < -0.3 is 4.74 Å². The monoisotopic (exact) mass is 326 g/mol. The van der Waals surface area contributed by atoms with E-state index in [1.807, 2.05) is 12.1 Å². The predicted molar refractivity (Wildman–Crippen MR) is 83.6 cm³/mol. The molecule has 0 bridgehead atoms. The number of benzene rings is 2. The largest absolute Gasteiger partial charge is 0.496 e. The fourth-order valence-corrected chi connectivity index (χ4v) is 3.34. The van der Waals surface area contributed by atoms with Gasteiger partial charge in [-0.2, -0.15) is 0 Å². The SMILES string of the molecule is COc1cccc(Sc2cc(Cl)ccc2Cl)c1C(C)=O. The van der Waals surface area contributed by atoms with Crippen LogP contribution in [0.3, 0.4) is 0 Å². The summed E-state index contributed by atoms with van der Waals surface area (Å²) in [6, 6.07) is 10.7. The van der Waals surface area contributed by atoms with Gasteiger partial charge in [0.2, 0.25) is 0 Å². The maximum atomic E-state index is 11.8. The van der Waals surface area contributed by atoms with Crippen molar-refractivity contribution in [3.05, 3.63) is 52.0 Å². The van der Waals surface area contributed by atoms with Gasteiger partial charge in [0.25, 0.3) is 0 Å². The minimum absolute atomic E-state index is 0.0527. The molecule has 0 aliphatic rings. The molecule has 0 aliphatic heterocycles. The number of hydrogen-bond donors (Lipinski definition) is 0. The Morgan fingerprint density at radius 3 is 2.55 bits per heavy atom. The highest BCUT2D eigenvalue weighted by Gasteiger charge is 2.15. The maximum absolute atomic E-state index is 11.8. The molecule has 0 N–H and O–H groups in total. The first kappa shape index (κ1) is 15.2. The van der Waals surface area contributed by atoms with Crippen molar-refractivity contribution in [3.63, 3.8) is 0 Å². The second-order valence-corrected chi connectivity index (χ2v) is 5.99. The number of rotatable bonds is 4. The lowest BCUT2D eigenvalue weighted by Gasteiger charge is -2.12. The molecule has 0 heterocycles. The summed E-state index contributed by atoms with van der Waals surface area (Å²) in [7, 11) is 1.54. The van der Waals surface area contributed by atoms with E-state index in [9.17, 15) is 4.79 Å². The molecule has 20 heavy (non-hydrogen) atoms. The molecule has 0 amide bonds. The summed E-state index contributed by atoms with van der Waals surface area (Å²) < 4.78 is 5.25. The number of halogens is 2. The van der Waals surface area contributed by atoms with E-state index in [0.717, 1.165) is 9.79 Å². The zero-order chi connectivity index (χ0) is 14.7. The van der Waals surface area contributed by atoms with Crippen LogP contribution in [-0.4, -0.2) is 12.9 Å². The van der Waals surface area contributed by atoms with Gasteiger partial charge in [0, 0.05) is 14.8 Å². The molecule has 0 radical (unpaired) electrons. The first-order valence-corrected chi connectivity index (χ1v) is 7.41. The average Bonchev–Trinajstić information content (AvgIpc) is 2.42. The summed E-state index contributed by atoms with van der Waals surface area (Å²) in [5.41, 5.74) is 0.552. The Balaban J connectivity index is 2.48. The molecule has 104 valence electrons. The van der Waals surface area contributed by atoms with Gasteiger partial charge in [0.15, 0.2) is 5.78 Å². The van der Waals surface area contributed by atoms with E-state index in [0.29, 0.717) is 21.4 Å². The molecule has 0 aliphatic carbocycles. The number of ether oxygens (including phenoxy) is 1. The van der Waals surface area contributed by atoms with Crippen LogP contribution in [-0.2, 0) is 0 Å². The fraction of sp³-hybridized carbons (Fsp3) is 0.133. The second-order valence-electron chi connectivity index (χ2n) is 4.07. The van der Waals surface area contributed by atoms with E-state index in [4.69, 9.17) is 27.9 Å². The zero-order valence-corrected chi connectivity index (χ0v) is 13.3. The lowest BCUT2D eigenvalue weighted by molar-refractivity contribution is 0.101. The first-order valence-electron chi connectivity index (χ1n) is 5.83. The maximum Gasteiger partial charge on any atom is 0.164 e. The van der Waals surface area contributed by atoms with Crippen molar-refractivity contribution >= 4 is 40.7 Å². The molecule has 0 atom stereocenters. The van der Waals surface area contributed by atoms with E-state index in [1.165, 1.54) is 18.7 Å². The lowest BCUT2D eigenvalue weighted by Crippen LogP contribution is -1.99. The van der Waals surface area contributed by atoms with Crippen LogP contribution in [0.15, 0.2) is 46.2 Å². The third-order valence-electron chi connectivity index (χ3n) is 2.67. The molecule has 2 aromatic rings. The highest BCUT2D eigenvalue weighted by molar-refractivity contribution is 7.99. The molecule has 0 saturated carbocycles. The van der Waals surface area contributed by atoms with E-state index < -0.39 is 0 Å². The average molecular weight is 327 g/mol. The summed E-state index contributed by atoms with van der Waals surface area (Å²) >= 11 is 13.5. The van der Waals surface area contributed by atoms with Crippen LogP contribution in [0, 0.1) is 0 Å². The smallest absolute Gasteiger partial charge is 0.164 e. The number of carbonyl (C=O) groups excluding carboxylic acids is 1. The van der Waals surface area contributed by atoms with Gasteiger partial charge in [0.05, 0.1) is 17.7 Å². The van der Waals surface area contributed by atoms with Gasteiger partial charge in [0.1, 0.15) is 5.75 Å².